The van der Waals surface area contributed by atoms with Gasteiger partial charge in [0.15, 0.2) is 0 Å². The standard InChI is InChI=1S/C14H18N2/c1-4-12-10-15-16(14(12)5-2)13-8-6-11(3)7-9-13/h6-10H,4-5H2,1-3H3. The van der Waals surface area contributed by atoms with Crippen LogP contribution in [0.15, 0.2) is 30.5 Å². The third-order valence-electron chi connectivity index (χ3n) is 2.95. The average molecular weight is 214 g/mol. The summed E-state index contributed by atoms with van der Waals surface area (Å²) in [4.78, 5) is 0. The summed E-state index contributed by atoms with van der Waals surface area (Å²) in [6.07, 6.45) is 4.06. The summed E-state index contributed by atoms with van der Waals surface area (Å²) >= 11 is 0. The van der Waals surface area contributed by atoms with E-state index in [1.807, 2.05) is 6.20 Å². The Morgan fingerprint density at radius 2 is 1.75 bits per heavy atom. The third kappa shape index (κ3) is 1.87. The maximum absolute atomic E-state index is 4.47. The van der Waals surface area contributed by atoms with Gasteiger partial charge < -0.3 is 0 Å². The van der Waals surface area contributed by atoms with E-state index in [0.29, 0.717) is 0 Å². The Kier molecular flexibility index (Phi) is 3.09. The maximum atomic E-state index is 4.47. The fraction of sp³-hybridized carbons (Fsp3) is 0.357. The average Bonchev–Trinajstić information content (AvgIpc) is 2.72. The van der Waals surface area contributed by atoms with Crippen LogP contribution in [0, 0.1) is 6.92 Å². The number of nitrogens with zero attached hydrogens (tertiary/aromatic N) is 2. The highest BCUT2D eigenvalue weighted by atomic mass is 15.3. The first kappa shape index (κ1) is 10.9. The van der Waals surface area contributed by atoms with Crippen LogP contribution in [-0.4, -0.2) is 9.78 Å². The second-order valence-electron chi connectivity index (χ2n) is 4.07. The summed E-state index contributed by atoms with van der Waals surface area (Å²) in [5.41, 5.74) is 5.11. The Morgan fingerprint density at radius 3 is 2.31 bits per heavy atom. The predicted molar refractivity (Wildman–Crippen MR) is 67.1 cm³/mol. The Bertz CT molecular complexity index is 466. The number of benzene rings is 1. The lowest BCUT2D eigenvalue weighted by molar-refractivity contribution is 0.808. The summed E-state index contributed by atoms with van der Waals surface area (Å²) in [5, 5.41) is 4.47. The highest BCUT2D eigenvalue weighted by Gasteiger charge is 2.08. The fourth-order valence-corrected chi connectivity index (χ4v) is 1.99. The summed E-state index contributed by atoms with van der Waals surface area (Å²) in [5.74, 6) is 0. The monoisotopic (exact) mass is 214 g/mol. The molecule has 0 radical (unpaired) electrons. The SMILES string of the molecule is CCc1cnn(-c2ccc(C)cc2)c1CC. The van der Waals surface area contributed by atoms with E-state index < -0.39 is 0 Å². The molecule has 2 rings (SSSR count). The largest absolute Gasteiger partial charge is 0.238 e. The molecule has 0 aliphatic heterocycles. The van der Waals surface area contributed by atoms with Crippen LogP contribution in [0.3, 0.4) is 0 Å². The van der Waals surface area contributed by atoms with Crippen LogP contribution in [0.25, 0.3) is 5.69 Å². The molecule has 0 bridgehead atoms. The van der Waals surface area contributed by atoms with Gasteiger partial charge in [0.1, 0.15) is 0 Å². The second kappa shape index (κ2) is 4.52. The molecule has 2 nitrogen and oxygen atoms in total. The predicted octanol–water partition coefficient (Wildman–Crippen LogP) is 3.31. The topological polar surface area (TPSA) is 17.8 Å². The zero-order valence-corrected chi connectivity index (χ0v) is 10.2. The van der Waals surface area contributed by atoms with Crippen LogP contribution >= 0.6 is 0 Å². The molecular weight excluding hydrogens is 196 g/mol. The van der Waals surface area contributed by atoms with Crippen LogP contribution in [0.5, 0.6) is 0 Å². The summed E-state index contributed by atoms with van der Waals surface area (Å²) in [6.45, 7) is 6.46. The number of aromatic nitrogens is 2. The molecule has 16 heavy (non-hydrogen) atoms. The first-order valence-corrected chi connectivity index (χ1v) is 5.89. The fourth-order valence-electron chi connectivity index (χ4n) is 1.99. The zero-order chi connectivity index (χ0) is 11.5. The van der Waals surface area contributed by atoms with Crippen LogP contribution in [0.1, 0.15) is 30.7 Å². The molecule has 0 saturated carbocycles. The molecule has 0 fully saturated rings. The molecule has 84 valence electrons. The van der Waals surface area contributed by atoms with Crippen molar-refractivity contribution in [2.45, 2.75) is 33.6 Å². The molecule has 1 aromatic heterocycles. The van der Waals surface area contributed by atoms with Gasteiger partial charge in [-0.2, -0.15) is 5.10 Å². The van der Waals surface area contributed by atoms with Crippen molar-refractivity contribution in [2.24, 2.45) is 0 Å². The van der Waals surface area contributed by atoms with Crippen molar-refractivity contribution in [3.63, 3.8) is 0 Å². The summed E-state index contributed by atoms with van der Waals surface area (Å²) in [7, 11) is 0. The Balaban J connectivity index is 2.47. The van der Waals surface area contributed by atoms with Crippen LogP contribution in [-0.2, 0) is 12.8 Å². The lowest BCUT2D eigenvalue weighted by Crippen LogP contribution is -2.02. The van der Waals surface area contributed by atoms with Crippen LogP contribution in [0.4, 0.5) is 0 Å². The van der Waals surface area contributed by atoms with Crippen molar-refractivity contribution in [1.82, 2.24) is 9.78 Å². The lowest BCUT2D eigenvalue weighted by Gasteiger charge is -2.07. The van der Waals surface area contributed by atoms with Gasteiger partial charge in [0, 0.05) is 5.69 Å². The van der Waals surface area contributed by atoms with E-state index in [2.05, 4.69) is 54.8 Å². The molecule has 0 atom stereocenters. The van der Waals surface area contributed by atoms with Crippen molar-refractivity contribution < 1.29 is 0 Å². The molecule has 0 N–H and O–H groups in total. The van der Waals surface area contributed by atoms with Gasteiger partial charge in [-0.1, -0.05) is 31.5 Å². The minimum atomic E-state index is 1.02. The van der Waals surface area contributed by atoms with Gasteiger partial charge in [-0.3, -0.25) is 0 Å². The second-order valence-corrected chi connectivity index (χ2v) is 4.07. The highest BCUT2D eigenvalue weighted by molar-refractivity contribution is 5.37. The van der Waals surface area contributed by atoms with Gasteiger partial charge >= 0.3 is 0 Å². The van der Waals surface area contributed by atoms with Crippen molar-refractivity contribution >= 4 is 0 Å². The van der Waals surface area contributed by atoms with E-state index in [9.17, 15) is 0 Å². The molecule has 2 heteroatoms. The highest BCUT2D eigenvalue weighted by Crippen LogP contribution is 2.16. The third-order valence-corrected chi connectivity index (χ3v) is 2.95. The van der Waals surface area contributed by atoms with Crippen molar-refractivity contribution in [2.75, 3.05) is 0 Å². The molecule has 2 aromatic rings. The van der Waals surface area contributed by atoms with Gasteiger partial charge in [-0.25, -0.2) is 4.68 Å². The van der Waals surface area contributed by atoms with Gasteiger partial charge in [0.05, 0.1) is 11.9 Å². The number of hydrogen-bond donors (Lipinski definition) is 0. The van der Waals surface area contributed by atoms with Gasteiger partial charge in [0.2, 0.25) is 0 Å². The molecule has 0 spiro atoms. The first-order chi connectivity index (χ1) is 7.76. The lowest BCUT2D eigenvalue weighted by atomic mass is 10.1. The molecule has 0 saturated heterocycles. The van der Waals surface area contributed by atoms with Crippen molar-refractivity contribution in [3.8, 4) is 5.69 Å². The van der Waals surface area contributed by atoms with E-state index in [1.54, 1.807) is 0 Å². The van der Waals surface area contributed by atoms with E-state index in [-0.39, 0.29) is 0 Å². The van der Waals surface area contributed by atoms with Crippen LogP contribution in [0.2, 0.25) is 0 Å². The molecule has 0 aliphatic carbocycles. The number of aryl methyl sites for hydroxylation is 2. The Hall–Kier alpha value is -1.57. The van der Waals surface area contributed by atoms with E-state index in [4.69, 9.17) is 0 Å². The smallest absolute Gasteiger partial charge is 0.0649 e. The Labute approximate surface area is 96.9 Å². The quantitative estimate of drug-likeness (QED) is 0.766. The normalized spacial score (nSPS) is 10.7. The van der Waals surface area contributed by atoms with E-state index >= 15 is 0 Å². The van der Waals surface area contributed by atoms with Crippen molar-refractivity contribution in [1.29, 1.82) is 0 Å². The van der Waals surface area contributed by atoms with Gasteiger partial charge in [-0.15, -0.1) is 0 Å². The van der Waals surface area contributed by atoms with Crippen molar-refractivity contribution in [3.05, 3.63) is 47.3 Å². The Morgan fingerprint density at radius 1 is 1.06 bits per heavy atom. The molecule has 0 unspecified atom stereocenters. The van der Waals surface area contributed by atoms with E-state index in [1.165, 1.54) is 16.8 Å². The van der Waals surface area contributed by atoms with Gasteiger partial charge in [0.25, 0.3) is 0 Å². The maximum Gasteiger partial charge on any atom is 0.0649 e. The number of rotatable bonds is 3. The minimum absolute atomic E-state index is 1.02. The minimum Gasteiger partial charge on any atom is -0.238 e. The first-order valence-electron chi connectivity index (χ1n) is 5.89. The number of hydrogen-bond acceptors (Lipinski definition) is 1. The van der Waals surface area contributed by atoms with Crippen LogP contribution < -0.4 is 0 Å². The molecule has 1 heterocycles. The molecular formula is C14H18N2. The zero-order valence-electron chi connectivity index (χ0n) is 10.2. The van der Waals surface area contributed by atoms with E-state index in [0.717, 1.165) is 18.5 Å². The van der Waals surface area contributed by atoms with Gasteiger partial charge in [-0.05, 0) is 37.5 Å². The molecule has 0 aliphatic rings. The molecule has 0 amide bonds. The summed E-state index contributed by atoms with van der Waals surface area (Å²) in [6, 6.07) is 8.51. The molecule has 1 aromatic carbocycles. The summed E-state index contributed by atoms with van der Waals surface area (Å²) < 4.78 is 2.05.